The SMILES string of the molecule is COC(=O)c1sccc1NC(=O)c1cccc(Br)n1. The number of hydrogen-bond acceptors (Lipinski definition) is 5. The Hall–Kier alpha value is -1.73. The highest BCUT2D eigenvalue weighted by molar-refractivity contribution is 9.10. The molecule has 2 aromatic heterocycles. The summed E-state index contributed by atoms with van der Waals surface area (Å²) in [6.07, 6.45) is 0. The van der Waals surface area contributed by atoms with Crippen molar-refractivity contribution in [1.82, 2.24) is 4.98 Å². The molecule has 0 aromatic carbocycles. The standard InChI is InChI=1S/C12H9BrN2O3S/c1-18-12(17)10-7(5-6-19-10)15-11(16)8-3-2-4-9(13)14-8/h2-6H,1H3,(H,15,16). The molecule has 1 amide bonds. The summed E-state index contributed by atoms with van der Waals surface area (Å²) in [5.74, 6) is -0.864. The first-order valence-corrected chi connectivity index (χ1v) is 6.89. The van der Waals surface area contributed by atoms with Crippen LogP contribution in [0, 0.1) is 0 Å². The molecule has 0 fully saturated rings. The van der Waals surface area contributed by atoms with Crippen LogP contribution >= 0.6 is 27.3 Å². The van der Waals surface area contributed by atoms with E-state index in [1.54, 1.807) is 29.6 Å². The van der Waals surface area contributed by atoms with E-state index in [0.717, 1.165) is 0 Å². The summed E-state index contributed by atoms with van der Waals surface area (Å²) in [6.45, 7) is 0. The molecular weight excluding hydrogens is 332 g/mol. The molecule has 0 radical (unpaired) electrons. The van der Waals surface area contributed by atoms with Gasteiger partial charge in [0.2, 0.25) is 0 Å². The Balaban J connectivity index is 2.20. The highest BCUT2D eigenvalue weighted by Crippen LogP contribution is 2.23. The number of carbonyl (C=O) groups is 2. The van der Waals surface area contributed by atoms with Crippen molar-refractivity contribution in [3.05, 3.63) is 44.8 Å². The number of nitrogens with one attached hydrogen (secondary N) is 1. The normalized spacial score (nSPS) is 10.0. The van der Waals surface area contributed by atoms with Crippen molar-refractivity contribution in [2.24, 2.45) is 0 Å². The first-order chi connectivity index (χ1) is 9.11. The predicted octanol–water partition coefficient (Wildman–Crippen LogP) is 2.94. The number of hydrogen-bond donors (Lipinski definition) is 1. The highest BCUT2D eigenvalue weighted by atomic mass is 79.9. The van der Waals surface area contributed by atoms with Gasteiger partial charge in [-0.2, -0.15) is 0 Å². The summed E-state index contributed by atoms with van der Waals surface area (Å²) in [7, 11) is 1.30. The fraction of sp³-hybridized carbons (Fsp3) is 0.0833. The van der Waals surface area contributed by atoms with E-state index in [4.69, 9.17) is 0 Å². The van der Waals surface area contributed by atoms with E-state index in [-0.39, 0.29) is 11.6 Å². The van der Waals surface area contributed by atoms with Crippen molar-refractivity contribution in [3.63, 3.8) is 0 Å². The van der Waals surface area contributed by atoms with Crippen LogP contribution in [0.25, 0.3) is 0 Å². The van der Waals surface area contributed by atoms with Gasteiger partial charge in [0.05, 0.1) is 12.8 Å². The van der Waals surface area contributed by atoms with Crippen molar-refractivity contribution in [3.8, 4) is 0 Å². The number of anilines is 1. The lowest BCUT2D eigenvalue weighted by molar-refractivity contribution is 0.0607. The summed E-state index contributed by atoms with van der Waals surface area (Å²) in [5, 5.41) is 4.34. The van der Waals surface area contributed by atoms with Gasteiger partial charge in [-0.15, -0.1) is 11.3 Å². The second kappa shape index (κ2) is 5.94. The van der Waals surface area contributed by atoms with E-state index in [1.165, 1.54) is 18.4 Å². The van der Waals surface area contributed by atoms with E-state index in [2.05, 4.69) is 31.0 Å². The minimum absolute atomic E-state index is 0.261. The van der Waals surface area contributed by atoms with Crippen LogP contribution in [-0.4, -0.2) is 24.0 Å². The Morgan fingerprint density at radius 2 is 2.16 bits per heavy atom. The third-order valence-corrected chi connectivity index (χ3v) is 3.57. The zero-order valence-electron chi connectivity index (χ0n) is 9.84. The average molecular weight is 341 g/mol. The topological polar surface area (TPSA) is 68.3 Å². The summed E-state index contributed by atoms with van der Waals surface area (Å²) in [5.41, 5.74) is 0.681. The second-order valence-corrected chi connectivity index (χ2v) is 5.18. The first-order valence-electron chi connectivity index (χ1n) is 5.21. The van der Waals surface area contributed by atoms with Crippen LogP contribution in [0.3, 0.4) is 0 Å². The summed E-state index contributed by atoms with van der Waals surface area (Å²) < 4.78 is 5.21. The predicted molar refractivity (Wildman–Crippen MR) is 75.5 cm³/mol. The van der Waals surface area contributed by atoms with Crippen LogP contribution in [0.2, 0.25) is 0 Å². The molecule has 5 nitrogen and oxygen atoms in total. The van der Waals surface area contributed by atoms with Crippen molar-refractivity contribution in [2.75, 3.05) is 12.4 Å². The van der Waals surface area contributed by atoms with Crippen LogP contribution in [0.15, 0.2) is 34.2 Å². The van der Waals surface area contributed by atoms with Crippen molar-refractivity contribution in [2.45, 2.75) is 0 Å². The third-order valence-electron chi connectivity index (χ3n) is 2.23. The van der Waals surface area contributed by atoms with Crippen LogP contribution in [0.1, 0.15) is 20.2 Å². The van der Waals surface area contributed by atoms with E-state index < -0.39 is 5.97 Å². The van der Waals surface area contributed by atoms with Gasteiger partial charge in [0.15, 0.2) is 0 Å². The number of methoxy groups -OCH3 is 1. The Labute approximate surface area is 121 Å². The minimum Gasteiger partial charge on any atom is -0.465 e. The van der Waals surface area contributed by atoms with Crippen LogP contribution < -0.4 is 5.32 Å². The van der Waals surface area contributed by atoms with Gasteiger partial charge in [-0.25, -0.2) is 9.78 Å². The Bertz CT molecular complexity index is 627. The molecule has 0 aliphatic carbocycles. The van der Waals surface area contributed by atoms with Gasteiger partial charge in [-0.05, 0) is 39.5 Å². The number of carbonyl (C=O) groups excluding carboxylic acids is 2. The molecule has 98 valence electrons. The van der Waals surface area contributed by atoms with Gasteiger partial charge < -0.3 is 10.1 Å². The number of rotatable bonds is 3. The molecule has 19 heavy (non-hydrogen) atoms. The van der Waals surface area contributed by atoms with Crippen LogP contribution in [-0.2, 0) is 4.74 Å². The molecule has 2 aromatic rings. The molecular formula is C12H9BrN2O3S. The summed E-state index contributed by atoms with van der Waals surface area (Å²) in [4.78, 5) is 27.9. The molecule has 0 aliphatic rings. The fourth-order valence-corrected chi connectivity index (χ4v) is 2.49. The van der Waals surface area contributed by atoms with Gasteiger partial charge in [-0.1, -0.05) is 6.07 Å². The molecule has 0 spiro atoms. The lowest BCUT2D eigenvalue weighted by atomic mass is 10.3. The Kier molecular flexibility index (Phi) is 4.28. The van der Waals surface area contributed by atoms with Gasteiger partial charge in [0.25, 0.3) is 5.91 Å². The summed E-state index contributed by atoms with van der Waals surface area (Å²) in [6, 6.07) is 6.67. The Morgan fingerprint density at radius 1 is 1.37 bits per heavy atom. The maximum Gasteiger partial charge on any atom is 0.350 e. The minimum atomic E-state index is -0.479. The zero-order valence-corrected chi connectivity index (χ0v) is 12.2. The molecule has 2 heterocycles. The molecule has 0 saturated carbocycles. The lowest BCUT2D eigenvalue weighted by Gasteiger charge is -2.05. The molecule has 7 heteroatoms. The number of aromatic nitrogens is 1. The van der Waals surface area contributed by atoms with Crippen molar-refractivity contribution >= 4 is 44.8 Å². The largest absolute Gasteiger partial charge is 0.465 e. The summed E-state index contributed by atoms with van der Waals surface area (Å²) >= 11 is 4.40. The van der Waals surface area contributed by atoms with E-state index in [0.29, 0.717) is 15.2 Å². The first kappa shape index (κ1) is 13.7. The number of pyridine rings is 1. The zero-order chi connectivity index (χ0) is 13.8. The van der Waals surface area contributed by atoms with E-state index >= 15 is 0 Å². The molecule has 0 bridgehead atoms. The van der Waals surface area contributed by atoms with Gasteiger partial charge >= 0.3 is 5.97 Å². The van der Waals surface area contributed by atoms with Crippen LogP contribution in [0.4, 0.5) is 5.69 Å². The molecule has 0 saturated heterocycles. The molecule has 0 aliphatic heterocycles. The number of nitrogens with zero attached hydrogens (tertiary/aromatic N) is 1. The highest BCUT2D eigenvalue weighted by Gasteiger charge is 2.16. The molecule has 0 unspecified atom stereocenters. The quantitative estimate of drug-likeness (QED) is 0.688. The van der Waals surface area contributed by atoms with Crippen molar-refractivity contribution in [1.29, 1.82) is 0 Å². The molecule has 2 rings (SSSR count). The number of ether oxygens (including phenoxy) is 1. The smallest absolute Gasteiger partial charge is 0.350 e. The Morgan fingerprint density at radius 3 is 2.84 bits per heavy atom. The number of thiophene rings is 1. The average Bonchev–Trinajstić information content (AvgIpc) is 2.86. The van der Waals surface area contributed by atoms with Gasteiger partial charge in [0, 0.05) is 0 Å². The number of amides is 1. The maximum absolute atomic E-state index is 12.0. The van der Waals surface area contributed by atoms with E-state index in [1.807, 2.05) is 0 Å². The number of halogens is 1. The maximum atomic E-state index is 12.0. The number of esters is 1. The van der Waals surface area contributed by atoms with Crippen LogP contribution in [0.5, 0.6) is 0 Å². The molecule has 0 atom stereocenters. The second-order valence-electron chi connectivity index (χ2n) is 3.45. The molecule has 1 N–H and O–H groups in total. The van der Waals surface area contributed by atoms with Gasteiger partial charge in [-0.3, -0.25) is 4.79 Å². The lowest BCUT2D eigenvalue weighted by Crippen LogP contribution is -2.15. The monoisotopic (exact) mass is 340 g/mol. The third kappa shape index (κ3) is 3.18. The fourth-order valence-electron chi connectivity index (χ4n) is 1.38. The van der Waals surface area contributed by atoms with Gasteiger partial charge in [0.1, 0.15) is 15.2 Å². The van der Waals surface area contributed by atoms with Crippen molar-refractivity contribution < 1.29 is 14.3 Å². The van der Waals surface area contributed by atoms with E-state index in [9.17, 15) is 9.59 Å².